The van der Waals surface area contributed by atoms with Crippen LogP contribution in [0, 0.1) is 0 Å². The van der Waals surface area contributed by atoms with Crippen LogP contribution in [-0.4, -0.2) is 44.8 Å². The van der Waals surface area contributed by atoms with Gasteiger partial charge in [-0.3, -0.25) is 14.5 Å². The number of nitrogens with zero attached hydrogens (tertiary/aromatic N) is 3. The number of hydrogen-bond acceptors (Lipinski definition) is 5. The topological polar surface area (TPSA) is 88.4 Å². The lowest BCUT2D eigenvalue weighted by Crippen LogP contribution is -2.43. The number of hydrogen-bond donors (Lipinski definition) is 2. The number of para-hydroxylation sites is 3. The number of urea groups is 1. The van der Waals surface area contributed by atoms with Gasteiger partial charge in [0.05, 0.1) is 22.3 Å². The van der Waals surface area contributed by atoms with Gasteiger partial charge in [-0.15, -0.1) is 0 Å². The van der Waals surface area contributed by atoms with Gasteiger partial charge < -0.3 is 5.32 Å². The zero-order chi connectivity index (χ0) is 21.3. The Balaban J connectivity index is 1.59. The Kier molecular flexibility index (Phi) is 5.20. The first kappa shape index (κ1) is 20.0. The molecule has 0 saturated heterocycles. The largest absolute Gasteiger partial charge is 0.405 e. The fraction of sp³-hybridized carbons (Fsp3) is 0.158. The fourth-order valence-corrected chi connectivity index (χ4v) is 3.74. The molecule has 3 amide bonds. The molecular weight excluding hydrogens is 419 g/mol. The quantitative estimate of drug-likeness (QED) is 0.380. The maximum atomic E-state index is 12.1. The van der Waals surface area contributed by atoms with Crippen LogP contribution in [0.3, 0.4) is 0 Å². The van der Waals surface area contributed by atoms with Crippen molar-refractivity contribution >= 4 is 51.3 Å². The first-order chi connectivity index (χ1) is 14.3. The summed E-state index contributed by atoms with van der Waals surface area (Å²) < 4.78 is 38.3. The molecule has 154 valence electrons. The van der Waals surface area contributed by atoms with Gasteiger partial charge in [0.15, 0.2) is 5.16 Å². The molecule has 2 aromatic carbocycles. The number of alkyl halides is 3. The summed E-state index contributed by atoms with van der Waals surface area (Å²) in [4.78, 5) is 32.7. The van der Waals surface area contributed by atoms with Crippen molar-refractivity contribution in [3.8, 4) is 0 Å². The van der Waals surface area contributed by atoms with Crippen LogP contribution in [0.25, 0.3) is 27.6 Å². The molecule has 0 bridgehead atoms. The minimum absolute atomic E-state index is 0.216. The summed E-state index contributed by atoms with van der Waals surface area (Å²) in [5.41, 5.74) is 2.92. The highest BCUT2D eigenvalue weighted by Gasteiger charge is 2.28. The van der Waals surface area contributed by atoms with E-state index in [0.717, 1.165) is 28.2 Å². The molecule has 0 spiro atoms. The predicted octanol–water partition coefficient (Wildman–Crippen LogP) is 3.52. The van der Waals surface area contributed by atoms with Crippen molar-refractivity contribution in [2.45, 2.75) is 11.3 Å². The molecule has 0 aliphatic carbocycles. The molecule has 7 nitrogen and oxygen atoms in total. The summed E-state index contributed by atoms with van der Waals surface area (Å²) in [5, 5.41) is 4.78. The van der Waals surface area contributed by atoms with Crippen molar-refractivity contribution in [2.75, 3.05) is 12.3 Å². The summed E-state index contributed by atoms with van der Waals surface area (Å²) in [6.07, 6.45) is -4.56. The Labute approximate surface area is 171 Å². The van der Waals surface area contributed by atoms with Crippen LogP contribution in [-0.2, 0) is 4.79 Å². The van der Waals surface area contributed by atoms with Crippen molar-refractivity contribution in [1.82, 2.24) is 25.0 Å². The maximum Gasteiger partial charge on any atom is 0.405 e. The van der Waals surface area contributed by atoms with E-state index < -0.39 is 24.7 Å². The van der Waals surface area contributed by atoms with Gasteiger partial charge in [-0.05, 0) is 24.3 Å². The Morgan fingerprint density at radius 1 is 1.00 bits per heavy atom. The molecule has 2 heterocycles. The third-order valence-electron chi connectivity index (χ3n) is 4.15. The Morgan fingerprint density at radius 2 is 1.70 bits per heavy atom. The van der Waals surface area contributed by atoms with Crippen molar-refractivity contribution in [1.29, 1.82) is 0 Å². The lowest BCUT2D eigenvalue weighted by molar-refractivity contribution is -0.124. The molecule has 0 aliphatic heterocycles. The molecule has 0 saturated carbocycles. The van der Waals surface area contributed by atoms with Crippen molar-refractivity contribution in [2.24, 2.45) is 0 Å². The summed E-state index contributed by atoms with van der Waals surface area (Å²) in [6, 6.07) is 13.7. The average Bonchev–Trinajstić information content (AvgIpc) is 3.10. The van der Waals surface area contributed by atoms with Gasteiger partial charge in [-0.2, -0.15) is 13.2 Å². The molecule has 0 radical (unpaired) electrons. The van der Waals surface area contributed by atoms with Gasteiger partial charge in [-0.1, -0.05) is 36.0 Å². The molecule has 0 fully saturated rings. The van der Waals surface area contributed by atoms with Crippen molar-refractivity contribution in [3.05, 3.63) is 48.5 Å². The summed E-state index contributed by atoms with van der Waals surface area (Å²) >= 11 is 1.06. The third kappa shape index (κ3) is 4.15. The summed E-state index contributed by atoms with van der Waals surface area (Å²) in [5.74, 6) is -0.959. The van der Waals surface area contributed by atoms with E-state index in [-0.39, 0.29) is 5.75 Å². The highest BCUT2D eigenvalue weighted by atomic mass is 32.2. The van der Waals surface area contributed by atoms with E-state index in [0.29, 0.717) is 16.3 Å². The number of nitrogens with one attached hydrogen (secondary N) is 2. The zero-order valence-electron chi connectivity index (χ0n) is 15.2. The Hall–Kier alpha value is -3.34. The van der Waals surface area contributed by atoms with Crippen LogP contribution < -0.4 is 10.6 Å². The number of benzene rings is 2. The van der Waals surface area contributed by atoms with Crippen LogP contribution in [0.1, 0.15) is 0 Å². The van der Waals surface area contributed by atoms with Crippen molar-refractivity contribution < 1.29 is 22.8 Å². The van der Waals surface area contributed by atoms with E-state index in [1.807, 2.05) is 58.2 Å². The molecule has 0 unspecified atom stereocenters. The second-order valence-corrected chi connectivity index (χ2v) is 7.25. The zero-order valence-corrected chi connectivity index (χ0v) is 16.0. The van der Waals surface area contributed by atoms with E-state index in [4.69, 9.17) is 0 Å². The van der Waals surface area contributed by atoms with Gasteiger partial charge in [0.2, 0.25) is 5.91 Å². The number of aromatic nitrogens is 3. The summed E-state index contributed by atoms with van der Waals surface area (Å²) in [7, 11) is 0. The third-order valence-corrected chi connectivity index (χ3v) is 5.09. The van der Waals surface area contributed by atoms with E-state index in [1.165, 1.54) is 0 Å². The first-order valence-corrected chi connectivity index (χ1v) is 9.73. The number of thioether (sulfide) groups is 1. The van der Waals surface area contributed by atoms with Gasteiger partial charge in [0, 0.05) is 5.39 Å². The Morgan fingerprint density at radius 3 is 2.47 bits per heavy atom. The monoisotopic (exact) mass is 433 g/mol. The van der Waals surface area contributed by atoms with Crippen LogP contribution in [0.2, 0.25) is 0 Å². The predicted molar refractivity (Wildman–Crippen MR) is 106 cm³/mol. The van der Waals surface area contributed by atoms with Crippen LogP contribution in [0.5, 0.6) is 0 Å². The minimum atomic E-state index is -4.56. The lowest BCUT2D eigenvalue weighted by atomic mass is 10.2. The van der Waals surface area contributed by atoms with E-state index in [9.17, 15) is 22.8 Å². The average molecular weight is 433 g/mol. The van der Waals surface area contributed by atoms with Gasteiger partial charge in [0.1, 0.15) is 12.2 Å². The normalized spacial score (nSPS) is 11.8. The van der Waals surface area contributed by atoms with E-state index in [2.05, 4.69) is 9.97 Å². The maximum absolute atomic E-state index is 12.1. The van der Waals surface area contributed by atoms with E-state index in [1.54, 1.807) is 5.32 Å². The number of carbonyl (C=O) groups is 2. The Bertz CT molecular complexity index is 1270. The second-order valence-electron chi connectivity index (χ2n) is 6.31. The first-order valence-electron chi connectivity index (χ1n) is 8.75. The molecule has 0 atom stereocenters. The number of carbonyl (C=O) groups excluding carboxylic acids is 2. The van der Waals surface area contributed by atoms with Crippen LogP contribution in [0.15, 0.2) is 53.7 Å². The number of rotatable bonds is 4. The van der Waals surface area contributed by atoms with Crippen LogP contribution in [0.4, 0.5) is 18.0 Å². The van der Waals surface area contributed by atoms with Crippen LogP contribution >= 0.6 is 11.8 Å². The smallest absolute Gasteiger partial charge is 0.329 e. The number of imidazole rings is 1. The summed E-state index contributed by atoms with van der Waals surface area (Å²) in [6.45, 7) is -1.52. The molecule has 30 heavy (non-hydrogen) atoms. The fourth-order valence-electron chi connectivity index (χ4n) is 2.93. The van der Waals surface area contributed by atoms with Gasteiger partial charge in [-0.25, -0.2) is 14.8 Å². The molecule has 4 rings (SSSR count). The van der Waals surface area contributed by atoms with E-state index >= 15 is 0 Å². The van der Waals surface area contributed by atoms with Crippen molar-refractivity contribution in [3.63, 3.8) is 0 Å². The molecule has 2 aromatic heterocycles. The highest BCUT2D eigenvalue weighted by molar-refractivity contribution is 7.99. The number of imide groups is 1. The second kappa shape index (κ2) is 7.82. The molecule has 2 N–H and O–H groups in total. The molecule has 0 aliphatic rings. The number of amides is 3. The highest BCUT2D eigenvalue weighted by Crippen LogP contribution is 2.28. The molecule has 11 heteroatoms. The SMILES string of the molecule is O=C(CSc1nc2ccccc2c2nc3ccccc3n12)NC(=O)NCC(F)(F)F. The van der Waals surface area contributed by atoms with Gasteiger partial charge in [0.25, 0.3) is 0 Å². The lowest BCUT2D eigenvalue weighted by Gasteiger charge is -2.10. The standard InChI is InChI=1S/C19H14F3N5O2S/c20-19(21,22)10-23-17(29)26-15(28)9-30-18-25-12-6-2-1-5-11(12)16-24-13-7-3-4-8-14(13)27(16)18/h1-8H,9-10H2,(H2,23,26,28,29). The van der Waals surface area contributed by atoms with Gasteiger partial charge >= 0.3 is 12.2 Å². The molecular formula is C19H14F3N5O2S. The number of halogens is 3. The number of fused-ring (bicyclic) bond motifs is 5. The molecule has 4 aromatic rings. The minimum Gasteiger partial charge on any atom is -0.329 e.